The number of aromatic nitrogens is 2. The van der Waals surface area contributed by atoms with Gasteiger partial charge < -0.3 is 10.6 Å². The van der Waals surface area contributed by atoms with Crippen LogP contribution < -0.4 is 10.6 Å². The third kappa shape index (κ3) is 3.68. The minimum Gasteiger partial charge on any atom is -0.368 e. The quantitative estimate of drug-likeness (QED) is 0.864. The highest BCUT2D eigenvalue weighted by atomic mass is 32.2. The fourth-order valence-electron chi connectivity index (χ4n) is 2.01. The second kappa shape index (κ2) is 5.31. The summed E-state index contributed by atoms with van der Waals surface area (Å²) in [5, 5.41) is 0. The highest BCUT2D eigenvalue weighted by Crippen LogP contribution is 2.34. The van der Waals surface area contributed by atoms with Gasteiger partial charge in [-0.15, -0.1) is 0 Å². The molecule has 0 saturated carbocycles. The SMILES string of the molecule is CC1(C)CCN(c2cc(C(F)(F)F)nc(N)n2)CCS1. The summed E-state index contributed by atoms with van der Waals surface area (Å²) in [7, 11) is 0. The smallest absolute Gasteiger partial charge is 0.368 e. The van der Waals surface area contributed by atoms with Crippen LogP contribution in [0, 0.1) is 0 Å². The highest BCUT2D eigenvalue weighted by molar-refractivity contribution is 8.00. The fourth-order valence-corrected chi connectivity index (χ4v) is 3.11. The Hall–Kier alpha value is -1.18. The molecule has 2 rings (SSSR count). The van der Waals surface area contributed by atoms with Crippen LogP contribution >= 0.6 is 11.8 Å². The van der Waals surface area contributed by atoms with E-state index in [1.807, 2.05) is 16.7 Å². The zero-order valence-electron chi connectivity index (χ0n) is 11.4. The molecule has 0 unspecified atom stereocenters. The number of hydrogen-bond acceptors (Lipinski definition) is 5. The van der Waals surface area contributed by atoms with Gasteiger partial charge in [0, 0.05) is 29.7 Å². The lowest BCUT2D eigenvalue weighted by Gasteiger charge is -2.24. The summed E-state index contributed by atoms with van der Waals surface area (Å²) in [4.78, 5) is 9.05. The molecule has 0 atom stereocenters. The minimum atomic E-state index is -4.51. The van der Waals surface area contributed by atoms with Crippen molar-refractivity contribution in [2.24, 2.45) is 0 Å². The highest BCUT2D eigenvalue weighted by Gasteiger charge is 2.34. The van der Waals surface area contributed by atoms with Crippen molar-refractivity contribution in [2.75, 3.05) is 29.5 Å². The lowest BCUT2D eigenvalue weighted by molar-refractivity contribution is -0.141. The van der Waals surface area contributed by atoms with E-state index in [4.69, 9.17) is 5.73 Å². The molecule has 2 N–H and O–H groups in total. The lowest BCUT2D eigenvalue weighted by Crippen LogP contribution is -2.28. The Balaban J connectivity index is 2.26. The Kier molecular flexibility index (Phi) is 4.04. The molecule has 0 aromatic carbocycles. The maximum atomic E-state index is 12.7. The Labute approximate surface area is 120 Å². The number of alkyl halides is 3. The summed E-state index contributed by atoms with van der Waals surface area (Å²) in [6.07, 6.45) is -3.63. The predicted octanol–water partition coefficient (Wildman–Crippen LogP) is 2.80. The summed E-state index contributed by atoms with van der Waals surface area (Å²) in [5.41, 5.74) is 4.41. The van der Waals surface area contributed by atoms with E-state index < -0.39 is 11.9 Å². The van der Waals surface area contributed by atoms with E-state index in [2.05, 4.69) is 23.8 Å². The van der Waals surface area contributed by atoms with Crippen molar-refractivity contribution in [2.45, 2.75) is 31.2 Å². The Morgan fingerprint density at radius 1 is 1.30 bits per heavy atom. The zero-order chi connectivity index (χ0) is 15.0. The summed E-state index contributed by atoms with van der Waals surface area (Å²) in [6, 6.07) is 0.972. The molecule has 0 aliphatic carbocycles. The topological polar surface area (TPSA) is 55.0 Å². The first-order chi connectivity index (χ1) is 9.17. The van der Waals surface area contributed by atoms with Gasteiger partial charge in [0.1, 0.15) is 5.82 Å². The molecule has 2 heterocycles. The normalized spacial score (nSPS) is 19.8. The van der Waals surface area contributed by atoms with Gasteiger partial charge in [-0.25, -0.2) is 4.98 Å². The van der Waals surface area contributed by atoms with Gasteiger partial charge >= 0.3 is 6.18 Å². The van der Waals surface area contributed by atoms with Crippen LogP contribution in [-0.2, 0) is 6.18 Å². The molecule has 1 fully saturated rings. The van der Waals surface area contributed by atoms with Crippen LogP contribution in [0.2, 0.25) is 0 Å². The van der Waals surface area contributed by atoms with Crippen LogP contribution in [0.4, 0.5) is 24.9 Å². The number of thioether (sulfide) groups is 1. The van der Waals surface area contributed by atoms with Crippen molar-refractivity contribution in [1.29, 1.82) is 0 Å². The van der Waals surface area contributed by atoms with E-state index in [0.29, 0.717) is 13.1 Å². The number of hydrogen-bond donors (Lipinski definition) is 1. The molecule has 1 aliphatic heterocycles. The van der Waals surface area contributed by atoms with E-state index in [9.17, 15) is 13.2 Å². The molecule has 1 aromatic heterocycles. The Morgan fingerprint density at radius 3 is 2.65 bits per heavy atom. The molecule has 0 amide bonds. The van der Waals surface area contributed by atoms with E-state index in [1.54, 1.807) is 0 Å². The van der Waals surface area contributed by atoms with Gasteiger partial charge in [-0.05, 0) is 6.42 Å². The first-order valence-corrected chi connectivity index (χ1v) is 7.27. The van der Waals surface area contributed by atoms with E-state index in [-0.39, 0.29) is 16.5 Å². The first kappa shape index (κ1) is 15.2. The van der Waals surface area contributed by atoms with Crippen LogP contribution in [0.3, 0.4) is 0 Å². The molecule has 0 bridgehead atoms. The largest absolute Gasteiger partial charge is 0.433 e. The van der Waals surface area contributed by atoms with E-state index >= 15 is 0 Å². The molecule has 1 aliphatic rings. The van der Waals surface area contributed by atoms with Crippen molar-refractivity contribution < 1.29 is 13.2 Å². The van der Waals surface area contributed by atoms with Crippen LogP contribution in [-0.4, -0.2) is 33.6 Å². The van der Waals surface area contributed by atoms with Crippen molar-refractivity contribution >= 4 is 23.5 Å². The van der Waals surface area contributed by atoms with Crippen LogP contribution in [0.25, 0.3) is 0 Å². The monoisotopic (exact) mass is 306 g/mol. The molecule has 112 valence electrons. The van der Waals surface area contributed by atoms with E-state index in [0.717, 1.165) is 18.2 Å². The number of anilines is 2. The number of nitrogen functional groups attached to an aromatic ring is 1. The number of halogens is 3. The summed E-state index contributed by atoms with van der Waals surface area (Å²) < 4.78 is 38.4. The minimum absolute atomic E-state index is 0.125. The number of rotatable bonds is 1. The molecule has 1 saturated heterocycles. The van der Waals surface area contributed by atoms with Gasteiger partial charge in [-0.1, -0.05) is 13.8 Å². The third-order valence-corrected chi connectivity index (χ3v) is 4.55. The Bertz CT molecular complexity index is 490. The van der Waals surface area contributed by atoms with Crippen molar-refractivity contribution in [3.63, 3.8) is 0 Å². The average molecular weight is 306 g/mol. The predicted molar refractivity (Wildman–Crippen MR) is 74.8 cm³/mol. The zero-order valence-corrected chi connectivity index (χ0v) is 12.2. The molecule has 0 spiro atoms. The van der Waals surface area contributed by atoms with Crippen molar-refractivity contribution in [3.8, 4) is 0 Å². The van der Waals surface area contributed by atoms with Gasteiger partial charge in [-0.3, -0.25) is 0 Å². The second-order valence-corrected chi connectivity index (χ2v) is 7.11. The van der Waals surface area contributed by atoms with Gasteiger partial charge in [0.15, 0.2) is 5.69 Å². The molecule has 1 aromatic rings. The molecular weight excluding hydrogens is 289 g/mol. The van der Waals surface area contributed by atoms with Crippen LogP contribution in [0.1, 0.15) is 26.0 Å². The Morgan fingerprint density at radius 2 is 2.00 bits per heavy atom. The number of nitrogens with two attached hydrogens (primary N) is 1. The first-order valence-electron chi connectivity index (χ1n) is 6.28. The standard InChI is InChI=1S/C12H17F3N4S/c1-11(2)3-4-19(5-6-20-11)9-7-8(12(13,14)15)17-10(16)18-9/h7H,3-6H2,1-2H3,(H2,16,17,18). The van der Waals surface area contributed by atoms with Gasteiger partial charge in [0.25, 0.3) is 0 Å². The molecule has 20 heavy (non-hydrogen) atoms. The molecule has 8 heteroatoms. The van der Waals surface area contributed by atoms with Crippen LogP contribution in [0.15, 0.2) is 6.07 Å². The second-order valence-electron chi connectivity index (χ2n) is 5.31. The van der Waals surface area contributed by atoms with Crippen LogP contribution in [0.5, 0.6) is 0 Å². The summed E-state index contributed by atoms with van der Waals surface area (Å²) in [5.74, 6) is 0.757. The van der Waals surface area contributed by atoms with Gasteiger partial charge in [0.05, 0.1) is 0 Å². The summed E-state index contributed by atoms with van der Waals surface area (Å²) in [6.45, 7) is 5.59. The van der Waals surface area contributed by atoms with Crippen molar-refractivity contribution in [1.82, 2.24) is 9.97 Å². The molecule has 4 nitrogen and oxygen atoms in total. The van der Waals surface area contributed by atoms with E-state index in [1.165, 1.54) is 0 Å². The number of nitrogens with zero attached hydrogens (tertiary/aromatic N) is 3. The van der Waals surface area contributed by atoms with Crippen molar-refractivity contribution in [3.05, 3.63) is 11.8 Å². The maximum Gasteiger partial charge on any atom is 0.433 e. The average Bonchev–Trinajstić information content (AvgIpc) is 2.48. The van der Waals surface area contributed by atoms with Gasteiger partial charge in [0.2, 0.25) is 5.95 Å². The molecule has 0 radical (unpaired) electrons. The molecular formula is C12H17F3N4S. The summed E-state index contributed by atoms with van der Waals surface area (Å²) >= 11 is 1.82. The fraction of sp³-hybridized carbons (Fsp3) is 0.667. The lowest BCUT2D eigenvalue weighted by atomic mass is 10.1. The van der Waals surface area contributed by atoms with Gasteiger partial charge in [-0.2, -0.15) is 29.9 Å². The maximum absolute atomic E-state index is 12.7. The third-order valence-electron chi connectivity index (χ3n) is 3.18.